The Balaban J connectivity index is 1.67. The van der Waals surface area contributed by atoms with E-state index in [1.807, 2.05) is 0 Å². The average molecular weight is 327 g/mol. The fourth-order valence-electron chi connectivity index (χ4n) is 2.13. The molecule has 0 saturated carbocycles. The number of hydrogen-bond acceptors (Lipinski definition) is 6. The molecule has 1 N–H and O–H groups in total. The molecule has 24 heavy (non-hydrogen) atoms. The summed E-state index contributed by atoms with van der Waals surface area (Å²) in [7, 11) is 0. The SMILES string of the molecule is O=C(N/N=C/c1cccc([N+](=O)[O-])c1)c1ccc2c(c1)OCCO2. The van der Waals surface area contributed by atoms with E-state index in [1.165, 1.54) is 18.3 Å². The minimum absolute atomic E-state index is 0.0443. The number of fused-ring (bicyclic) bond motifs is 1. The number of nitro groups is 1. The summed E-state index contributed by atoms with van der Waals surface area (Å²) in [5, 5.41) is 14.5. The van der Waals surface area contributed by atoms with Crippen LogP contribution in [0.25, 0.3) is 0 Å². The summed E-state index contributed by atoms with van der Waals surface area (Å²) in [6.07, 6.45) is 1.34. The number of hydrazone groups is 1. The molecule has 0 spiro atoms. The highest BCUT2D eigenvalue weighted by molar-refractivity contribution is 5.95. The molecule has 8 nitrogen and oxygen atoms in total. The first kappa shape index (κ1) is 15.5. The van der Waals surface area contributed by atoms with Crippen molar-refractivity contribution in [3.05, 3.63) is 63.7 Å². The van der Waals surface area contributed by atoms with Crippen LogP contribution in [0.4, 0.5) is 5.69 Å². The van der Waals surface area contributed by atoms with Gasteiger partial charge in [0.2, 0.25) is 0 Å². The Kier molecular flexibility index (Phi) is 4.37. The van der Waals surface area contributed by atoms with Gasteiger partial charge in [0.05, 0.1) is 11.1 Å². The van der Waals surface area contributed by atoms with E-state index < -0.39 is 10.8 Å². The third kappa shape index (κ3) is 3.49. The lowest BCUT2D eigenvalue weighted by molar-refractivity contribution is -0.384. The van der Waals surface area contributed by atoms with Crippen molar-refractivity contribution in [1.29, 1.82) is 0 Å². The summed E-state index contributed by atoms with van der Waals surface area (Å²) in [6, 6.07) is 10.8. The first-order chi connectivity index (χ1) is 11.6. The third-order valence-electron chi connectivity index (χ3n) is 3.27. The smallest absolute Gasteiger partial charge is 0.271 e. The van der Waals surface area contributed by atoms with Crippen LogP contribution in [0.2, 0.25) is 0 Å². The maximum absolute atomic E-state index is 12.1. The number of nitro benzene ring substituents is 1. The standard InChI is InChI=1S/C16H13N3O5/c20-16(12-4-5-14-15(9-12)24-7-6-23-14)18-17-10-11-2-1-3-13(8-11)19(21)22/h1-5,8-10H,6-7H2,(H,18,20)/b17-10+. The molecule has 0 unspecified atom stereocenters. The van der Waals surface area contributed by atoms with E-state index >= 15 is 0 Å². The highest BCUT2D eigenvalue weighted by Gasteiger charge is 2.14. The predicted octanol–water partition coefficient (Wildman–Crippen LogP) is 2.13. The van der Waals surface area contributed by atoms with Crippen LogP contribution in [0.15, 0.2) is 47.6 Å². The second-order valence-electron chi connectivity index (χ2n) is 4.91. The summed E-state index contributed by atoms with van der Waals surface area (Å²) in [5.41, 5.74) is 3.20. The van der Waals surface area contributed by atoms with Gasteiger partial charge in [-0.15, -0.1) is 0 Å². The van der Waals surface area contributed by atoms with Crippen molar-refractivity contribution in [2.24, 2.45) is 5.10 Å². The monoisotopic (exact) mass is 327 g/mol. The lowest BCUT2D eigenvalue weighted by Gasteiger charge is -2.18. The first-order valence-electron chi connectivity index (χ1n) is 7.11. The molecule has 0 aliphatic carbocycles. The van der Waals surface area contributed by atoms with Crippen LogP contribution in [0, 0.1) is 10.1 Å². The molecule has 0 atom stereocenters. The quantitative estimate of drug-likeness (QED) is 0.526. The van der Waals surface area contributed by atoms with Gasteiger partial charge in [-0.1, -0.05) is 12.1 Å². The van der Waals surface area contributed by atoms with Crippen LogP contribution in [0.5, 0.6) is 11.5 Å². The number of benzene rings is 2. The predicted molar refractivity (Wildman–Crippen MR) is 85.6 cm³/mol. The second kappa shape index (κ2) is 6.78. The van der Waals surface area contributed by atoms with Crippen molar-refractivity contribution in [3.8, 4) is 11.5 Å². The van der Waals surface area contributed by atoms with Crippen molar-refractivity contribution >= 4 is 17.8 Å². The molecule has 1 amide bonds. The lowest BCUT2D eigenvalue weighted by Crippen LogP contribution is -2.19. The van der Waals surface area contributed by atoms with Crippen molar-refractivity contribution in [3.63, 3.8) is 0 Å². The number of hydrogen-bond donors (Lipinski definition) is 1. The molecule has 122 valence electrons. The highest BCUT2D eigenvalue weighted by Crippen LogP contribution is 2.30. The lowest BCUT2D eigenvalue weighted by atomic mass is 10.2. The Morgan fingerprint density at radius 3 is 2.75 bits per heavy atom. The van der Waals surface area contributed by atoms with Crippen molar-refractivity contribution in [1.82, 2.24) is 5.43 Å². The second-order valence-corrected chi connectivity index (χ2v) is 4.91. The van der Waals surface area contributed by atoms with E-state index in [2.05, 4.69) is 10.5 Å². The summed E-state index contributed by atoms with van der Waals surface area (Å²) in [6.45, 7) is 0.912. The average Bonchev–Trinajstić information content (AvgIpc) is 2.61. The van der Waals surface area contributed by atoms with Gasteiger partial charge in [-0.25, -0.2) is 5.43 Å². The Morgan fingerprint density at radius 2 is 1.96 bits per heavy atom. The van der Waals surface area contributed by atoms with Crippen LogP contribution in [-0.2, 0) is 0 Å². The molecule has 3 rings (SSSR count). The van der Waals surface area contributed by atoms with Gasteiger partial charge in [0.1, 0.15) is 13.2 Å². The molecule has 0 saturated heterocycles. The first-order valence-corrected chi connectivity index (χ1v) is 7.11. The van der Waals surface area contributed by atoms with Gasteiger partial charge in [-0.2, -0.15) is 5.10 Å². The number of ether oxygens (including phenoxy) is 2. The summed E-state index contributed by atoms with van der Waals surface area (Å²) < 4.78 is 10.8. The molecule has 1 aliphatic heterocycles. The van der Waals surface area contributed by atoms with Gasteiger partial charge < -0.3 is 9.47 Å². The maximum atomic E-state index is 12.1. The number of nitrogens with zero attached hydrogens (tertiary/aromatic N) is 2. The molecule has 8 heteroatoms. The zero-order chi connectivity index (χ0) is 16.9. The van der Waals surface area contributed by atoms with Crippen LogP contribution in [0.3, 0.4) is 0 Å². The van der Waals surface area contributed by atoms with Crippen LogP contribution >= 0.6 is 0 Å². The molecule has 0 aromatic heterocycles. The maximum Gasteiger partial charge on any atom is 0.271 e. The molecule has 2 aromatic rings. The Hall–Kier alpha value is -3.42. The summed E-state index contributed by atoms with van der Waals surface area (Å²) >= 11 is 0. The molecule has 0 fully saturated rings. The molecule has 1 aliphatic rings. The van der Waals surface area contributed by atoms with E-state index in [0.29, 0.717) is 35.8 Å². The number of amides is 1. The van der Waals surface area contributed by atoms with Gasteiger partial charge in [0.25, 0.3) is 11.6 Å². The number of nitrogens with one attached hydrogen (secondary N) is 1. The van der Waals surface area contributed by atoms with E-state index in [0.717, 1.165) is 0 Å². The van der Waals surface area contributed by atoms with E-state index in [9.17, 15) is 14.9 Å². The molecule has 1 heterocycles. The van der Waals surface area contributed by atoms with Crippen molar-refractivity contribution < 1.29 is 19.2 Å². The normalized spacial score (nSPS) is 12.8. The fourth-order valence-corrected chi connectivity index (χ4v) is 2.13. The van der Waals surface area contributed by atoms with Crippen LogP contribution in [0.1, 0.15) is 15.9 Å². The zero-order valence-electron chi connectivity index (χ0n) is 12.5. The van der Waals surface area contributed by atoms with Gasteiger partial charge in [-0.05, 0) is 18.2 Å². The van der Waals surface area contributed by atoms with Crippen molar-refractivity contribution in [2.75, 3.05) is 13.2 Å². The number of rotatable bonds is 4. The third-order valence-corrected chi connectivity index (χ3v) is 3.27. The Bertz CT molecular complexity index is 819. The van der Waals surface area contributed by atoms with Crippen LogP contribution in [-0.4, -0.2) is 30.3 Å². The summed E-state index contributed by atoms with van der Waals surface area (Å²) in [4.78, 5) is 22.3. The molecule has 2 aromatic carbocycles. The largest absolute Gasteiger partial charge is 0.486 e. The number of carbonyl (C=O) groups excluding carboxylic acids is 1. The van der Waals surface area contributed by atoms with Crippen LogP contribution < -0.4 is 14.9 Å². The van der Waals surface area contributed by atoms with Crippen molar-refractivity contribution in [2.45, 2.75) is 0 Å². The van der Waals surface area contributed by atoms with E-state index in [4.69, 9.17) is 9.47 Å². The fraction of sp³-hybridized carbons (Fsp3) is 0.125. The van der Waals surface area contributed by atoms with Gasteiger partial charge in [-0.3, -0.25) is 14.9 Å². The van der Waals surface area contributed by atoms with Gasteiger partial charge in [0.15, 0.2) is 11.5 Å². The minimum atomic E-state index is -0.495. The number of non-ortho nitro benzene ring substituents is 1. The Labute approximate surface area is 136 Å². The molecular formula is C16H13N3O5. The van der Waals surface area contributed by atoms with E-state index in [-0.39, 0.29) is 5.69 Å². The highest BCUT2D eigenvalue weighted by atomic mass is 16.6. The van der Waals surface area contributed by atoms with E-state index in [1.54, 1.807) is 30.3 Å². The molecular weight excluding hydrogens is 314 g/mol. The number of carbonyl (C=O) groups is 1. The van der Waals surface area contributed by atoms with Gasteiger partial charge in [0, 0.05) is 23.3 Å². The zero-order valence-corrected chi connectivity index (χ0v) is 12.5. The Morgan fingerprint density at radius 1 is 1.17 bits per heavy atom. The molecule has 0 bridgehead atoms. The molecule has 0 radical (unpaired) electrons. The summed E-state index contributed by atoms with van der Waals surface area (Å²) in [5.74, 6) is 0.683. The minimum Gasteiger partial charge on any atom is -0.486 e. The van der Waals surface area contributed by atoms with Gasteiger partial charge >= 0.3 is 0 Å². The topological polar surface area (TPSA) is 103 Å².